The number of carbonyl (C=O) groups is 1. The Hall–Kier alpha value is -2.76. The van der Waals surface area contributed by atoms with E-state index in [1.807, 2.05) is 18.2 Å². The fourth-order valence-electron chi connectivity index (χ4n) is 4.48. The van der Waals surface area contributed by atoms with E-state index in [-0.39, 0.29) is 30.6 Å². The van der Waals surface area contributed by atoms with Gasteiger partial charge in [-0.05, 0) is 37.5 Å². The van der Waals surface area contributed by atoms with Gasteiger partial charge in [0.05, 0.1) is 24.5 Å². The van der Waals surface area contributed by atoms with Gasteiger partial charge in [-0.15, -0.1) is 0 Å². The predicted molar refractivity (Wildman–Crippen MR) is 120 cm³/mol. The van der Waals surface area contributed by atoms with Crippen LogP contribution in [0.1, 0.15) is 24.0 Å². The number of carbonyl (C=O) groups excluding carboxylic acids is 1. The number of fused-ring (bicyclic) bond motifs is 2. The Morgan fingerprint density at radius 3 is 2.69 bits per heavy atom. The van der Waals surface area contributed by atoms with Crippen molar-refractivity contribution in [2.24, 2.45) is 0 Å². The predicted octanol–water partition coefficient (Wildman–Crippen LogP) is 3.32. The van der Waals surface area contributed by atoms with Crippen LogP contribution in [0, 0.1) is 6.92 Å². The SMILES string of the molecule is COc1cccc2c1N(C1CCN(S(=O)(=O)c3c(C)ccc4nsnc34)CC1)C(=O)OC2. The number of hydrogen-bond donors (Lipinski definition) is 0. The van der Waals surface area contributed by atoms with Gasteiger partial charge in [0.25, 0.3) is 0 Å². The molecule has 2 aromatic carbocycles. The number of nitrogens with zero attached hydrogens (tertiary/aromatic N) is 4. The molecule has 0 aliphatic carbocycles. The molecule has 1 aromatic heterocycles. The lowest BCUT2D eigenvalue weighted by molar-refractivity contribution is 0.135. The fourth-order valence-corrected chi connectivity index (χ4v) is 6.90. The summed E-state index contributed by atoms with van der Waals surface area (Å²) >= 11 is 1.00. The molecule has 0 bridgehead atoms. The van der Waals surface area contributed by atoms with Crippen LogP contribution in [0.4, 0.5) is 10.5 Å². The third-order valence-corrected chi connectivity index (χ3v) is 8.67. The zero-order valence-electron chi connectivity index (χ0n) is 17.6. The van der Waals surface area contributed by atoms with Crippen LogP contribution in [-0.2, 0) is 21.4 Å². The van der Waals surface area contributed by atoms with Gasteiger partial charge in [-0.3, -0.25) is 4.90 Å². The van der Waals surface area contributed by atoms with E-state index in [4.69, 9.17) is 9.47 Å². The first kappa shape index (κ1) is 21.1. The number of aryl methyl sites for hydroxylation is 1. The summed E-state index contributed by atoms with van der Waals surface area (Å²) in [7, 11) is -2.18. The minimum Gasteiger partial charge on any atom is -0.495 e. The van der Waals surface area contributed by atoms with Gasteiger partial charge in [-0.2, -0.15) is 13.1 Å². The highest BCUT2D eigenvalue weighted by Gasteiger charge is 2.39. The Kier molecular flexibility index (Phi) is 5.26. The van der Waals surface area contributed by atoms with Gasteiger partial charge in [0.15, 0.2) is 0 Å². The van der Waals surface area contributed by atoms with E-state index in [9.17, 15) is 13.2 Å². The number of sulfonamides is 1. The second-order valence-electron chi connectivity index (χ2n) is 7.87. The second-order valence-corrected chi connectivity index (χ2v) is 10.3. The summed E-state index contributed by atoms with van der Waals surface area (Å²) in [5.74, 6) is 0.604. The van der Waals surface area contributed by atoms with Crippen LogP contribution in [0.25, 0.3) is 11.0 Å². The van der Waals surface area contributed by atoms with Crippen LogP contribution in [0.5, 0.6) is 5.75 Å². The Labute approximate surface area is 189 Å². The number of rotatable bonds is 4. The molecule has 0 atom stereocenters. The highest BCUT2D eigenvalue weighted by Crippen LogP contribution is 2.39. The minimum atomic E-state index is -3.75. The monoisotopic (exact) mass is 474 g/mol. The van der Waals surface area contributed by atoms with E-state index >= 15 is 0 Å². The first-order valence-corrected chi connectivity index (χ1v) is 12.4. The second kappa shape index (κ2) is 7.98. The molecule has 0 radical (unpaired) electrons. The van der Waals surface area contributed by atoms with Crippen molar-refractivity contribution >= 4 is 44.6 Å². The Bertz CT molecular complexity index is 1280. The molecule has 3 aromatic rings. The van der Waals surface area contributed by atoms with Crippen molar-refractivity contribution in [1.29, 1.82) is 0 Å². The number of anilines is 1. The molecule has 1 amide bonds. The molecule has 3 heterocycles. The van der Waals surface area contributed by atoms with Crippen molar-refractivity contribution in [3.8, 4) is 5.75 Å². The summed E-state index contributed by atoms with van der Waals surface area (Å²) in [6.07, 6.45) is 0.532. The van der Waals surface area contributed by atoms with Gasteiger partial charge in [0.2, 0.25) is 10.0 Å². The maximum absolute atomic E-state index is 13.5. The summed E-state index contributed by atoms with van der Waals surface area (Å²) in [4.78, 5) is 14.5. The number of ether oxygens (including phenoxy) is 2. The van der Waals surface area contributed by atoms with Gasteiger partial charge < -0.3 is 9.47 Å². The maximum atomic E-state index is 13.5. The van der Waals surface area contributed by atoms with Crippen molar-refractivity contribution in [3.63, 3.8) is 0 Å². The normalized spacial score (nSPS) is 17.9. The van der Waals surface area contributed by atoms with E-state index in [0.717, 1.165) is 17.3 Å². The van der Waals surface area contributed by atoms with E-state index in [0.29, 0.717) is 40.9 Å². The Morgan fingerprint density at radius 1 is 1.16 bits per heavy atom. The third kappa shape index (κ3) is 3.31. The molecule has 11 heteroatoms. The topological polar surface area (TPSA) is 102 Å². The van der Waals surface area contributed by atoms with E-state index < -0.39 is 16.1 Å². The summed E-state index contributed by atoms with van der Waals surface area (Å²) in [5.41, 5.74) is 3.22. The van der Waals surface area contributed by atoms with Crippen LogP contribution < -0.4 is 9.64 Å². The number of hydrogen-bond acceptors (Lipinski definition) is 8. The maximum Gasteiger partial charge on any atom is 0.415 e. The van der Waals surface area contributed by atoms with Crippen molar-refractivity contribution < 1.29 is 22.7 Å². The molecule has 0 N–H and O–H groups in total. The van der Waals surface area contributed by atoms with Crippen molar-refractivity contribution in [1.82, 2.24) is 13.1 Å². The largest absolute Gasteiger partial charge is 0.495 e. The number of methoxy groups -OCH3 is 1. The smallest absolute Gasteiger partial charge is 0.415 e. The summed E-state index contributed by atoms with van der Waals surface area (Å²) < 4.78 is 47.8. The van der Waals surface area contributed by atoms with Crippen LogP contribution in [-0.4, -0.2) is 53.8 Å². The zero-order valence-corrected chi connectivity index (χ0v) is 19.3. The number of cyclic esters (lactones) is 1. The first-order valence-electron chi connectivity index (χ1n) is 10.3. The molecular formula is C21H22N4O5S2. The third-order valence-electron chi connectivity index (χ3n) is 6.06. The van der Waals surface area contributed by atoms with Crippen LogP contribution in [0.3, 0.4) is 0 Å². The molecule has 2 aliphatic rings. The summed E-state index contributed by atoms with van der Waals surface area (Å²) in [6, 6.07) is 8.93. The molecule has 0 spiro atoms. The molecular weight excluding hydrogens is 452 g/mol. The number of benzene rings is 2. The van der Waals surface area contributed by atoms with Crippen molar-refractivity contribution in [2.75, 3.05) is 25.1 Å². The number of amides is 1. The van der Waals surface area contributed by atoms with E-state index in [1.54, 1.807) is 31.1 Å². The van der Waals surface area contributed by atoms with E-state index in [2.05, 4.69) is 8.75 Å². The van der Waals surface area contributed by atoms with Gasteiger partial charge in [-0.25, -0.2) is 13.2 Å². The summed E-state index contributed by atoms with van der Waals surface area (Å²) in [5, 5.41) is 0. The number of piperidine rings is 1. The molecule has 0 unspecified atom stereocenters. The highest BCUT2D eigenvalue weighted by molar-refractivity contribution is 7.89. The number of para-hydroxylation sites is 1. The molecule has 2 aliphatic heterocycles. The van der Waals surface area contributed by atoms with Gasteiger partial charge in [0.1, 0.15) is 28.3 Å². The lowest BCUT2D eigenvalue weighted by Gasteiger charge is -2.40. The lowest BCUT2D eigenvalue weighted by Crippen LogP contribution is -2.50. The van der Waals surface area contributed by atoms with E-state index in [1.165, 1.54) is 4.31 Å². The zero-order chi connectivity index (χ0) is 22.5. The van der Waals surface area contributed by atoms with Gasteiger partial charge >= 0.3 is 6.09 Å². The van der Waals surface area contributed by atoms with Crippen LogP contribution >= 0.6 is 11.7 Å². The molecule has 5 rings (SSSR count). The highest BCUT2D eigenvalue weighted by atomic mass is 32.2. The van der Waals surface area contributed by atoms with Crippen LogP contribution in [0.2, 0.25) is 0 Å². The quantitative estimate of drug-likeness (QED) is 0.572. The molecule has 1 saturated heterocycles. The molecule has 1 fully saturated rings. The average molecular weight is 475 g/mol. The number of aromatic nitrogens is 2. The molecule has 0 saturated carbocycles. The van der Waals surface area contributed by atoms with Crippen molar-refractivity contribution in [2.45, 2.75) is 37.3 Å². The van der Waals surface area contributed by atoms with Crippen molar-refractivity contribution in [3.05, 3.63) is 41.5 Å². The Morgan fingerprint density at radius 2 is 1.94 bits per heavy atom. The molecule has 168 valence electrons. The first-order chi connectivity index (χ1) is 15.4. The standard InChI is InChI=1S/C21H22N4O5S2/c1-13-6-7-16-18(23-31-22-16)20(13)32(27,28)24-10-8-15(9-11-24)25-19-14(12-30-21(25)26)4-3-5-17(19)29-2/h3-7,15H,8-12H2,1-2H3. The van der Waals surface area contributed by atoms with Gasteiger partial charge in [-0.1, -0.05) is 18.2 Å². The molecule has 9 nitrogen and oxygen atoms in total. The Balaban J connectivity index is 1.42. The fraction of sp³-hybridized carbons (Fsp3) is 0.381. The van der Waals surface area contributed by atoms with Gasteiger partial charge in [0, 0.05) is 24.7 Å². The van der Waals surface area contributed by atoms with Crippen LogP contribution in [0.15, 0.2) is 35.2 Å². The molecule has 32 heavy (non-hydrogen) atoms. The minimum absolute atomic E-state index is 0.192. The lowest BCUT2D eigenvalue weighted by atomic mass is 10.0. The average Bonchev–Trinajstić information content (AvgIpc) is 3.27. The summed E-state index contributed by atoms with van der Waals surface area (Å²) in [6.45, 7) is 2.54.